The maximum Gasteiger partial charge on any atom is 0.262 e. The van der Waals surface area contributed by atoms with Gasteiger partial charge in [-0.25, -0.2) is 5.43 Å². The molecule has 0 saturated heterocycles. The first-order valence-electron chi connectivity index (χ1n) is 11.1. The third-order valence-corrected chi connectivity index (χ3v) is 5.83. The lowest BCUT2D eigenvalue weighted by molar-refractivity contribution is -0.123. The Labute approximate surface area is 215 Å². The lowest BCUT2D eigenvalue weighted by Gasteiger charge is -2.20. The number of amides is 2. The normalized spacial score (nSPS) is 11.9. The topological polar surface area (TPSA) is 79.8 Å². The van der Waals surface area contributed by atoms with Crippen LogP contribution in [0.15, 0.2) is 71.8 Å². The molecule has 1 unspecified atom stereocenters. The summed E-state index contributed by atoms with van der Waals surface area (Å²) in [6.07, 6.45) is 1.50. The van der Waals surface area contributed by atoms with Gasteiger partial charge in [0.1, 0.15) is 18.4 Å². The standard InChI is InChI=1S/C27H27Cl2N3O3/c1-17(2)25(31-26(33)19-10-8-18(3)9-11-19)27(34)32-30-15-20-6-4-5-7-24(20)35-16-21-12-13-22(28)14-23(21)29/h4-15,17,25H,16H2,1-3H3,(H,31,33)(H,32,34)/b30-15+. The summed E-state index contributed by atoms with van der Waals surface area (Å²) in [6.45, 7) is 5.90. The molecule has 1 atom stereocenters. The van der Waals surface area contributed by atoms with Gasteiger partial charge in [-0.2, -0.15) is 5.10 Å². The molecule has 0 bridgehead atoms. The van der Waals surface area contributed by atoms with Crippen molar-refractivity contribution in [3.8, 4) is 5.75 Å². The van der Waals surface area contributed by atoms with Crippen LogP contribution < -0.4 is 15.5 Å². The highest BCUT2D eigenvalue weighted by atomic mass is 35.5. The summed E-state index contributed by atoms with van der Waals surface area (Å²) in [5.74, 6) is -0.297. The van der Waals surface area contributed by atoms with Gasteiger partial charge >= 0.3 is 0 Å². The Bertz CT molecular complexity index is 1210. The first kappa shape index (κ1) is 26.3. The zero-order valence-electron chi connectivity index (χ0n) is 19.7. The van der Waals surface area contributed by atoms with E-state index >= 15 is 0 Å². The summed E-state index contributed by atoms with van der Waals surface area (Å²) in [6, 6.07) is 18.9. The molecule has 2 amide bonds. The van der Waals surface area contributed by atoms with E-state index in [4.69, 9.17) is 27.9 Å². The quantitative estimate of drug-likeness (QED) is 0.282. The molecule has 0 fully saturated rings. The number of aryl methyl sites for hydroxylation is 1. The number of hydrogen-bond acceptors (Lipinski definition) is 4. The molecule has 0 spiro atoms. The van der Waals surface area contributed by atoms with Crippen molar-refractivity contribution >= 4 is 41.2 Å². The number of para-hydroxylation sites is 1. The Balaban J connectivity index is 1.63. The molecule has 0 radical (unpaired) electrons. The Morgan fingerprint density at radius 1 is 1.03 bits per heavy atom. The van der Waals surface area contributed by atoms with Crippen molar-refractivity contribution in [1.29, 1.82) is 0 Å². The second-order valence-electron chi connectivity index (χ2n) is 8.36. The molecule has 8 heteroatoms. The number of nitrogens with one attached hydrogen (secondary N) is 2. The Kier molecular flexibility index (Phi) is 9.29. The molecule has 3 aromatic rings. The number of hydrogen-bond donors (Lipinski definition) is 2. The van der Waals surface area contributed by atoms with Gasteiger partial charge in [0.2, 0.25) is 0 Å². The van der Waals surface area contributed by atoms with Crippen LogP contribution in [0.1, 0.15) is 40.9 Å². The summed E-state index contributed by atoms with van der Waals surface area (Å²) in [5.41, 5.74) is 5.52. The SMILES string of the molecule is Cc1ccc(C(=O)NC(C(=O)N/N=C/c2ccccc2OCc2ccc(Cl)cc2Cl)C(C)C)cc1. The number of carbonyl (C=O) groups is 2. The molecule has 35 heavy (non-hydrogen) atoms. The summed E-state index contributed by atoms with van der Waals surface area (Å²) in [4.78, 5) is 25.3. The van der Waals surface area contributed by atoms with Gasteiger partial charge in [0, 0.05) is 26.7 Å². The van der Waals surface area contributed by atoms with Crippen molar-refractivity contribution < 1.29 is 14.3 Å². The molecule has 0 aliphatic rings. The molecule has 0 aliphatic heterocycles. The van der Waals surface area contributed by atoms with E-state index < -0.39 is 11.9 Å². The van der Waals surface area contributed by atoms with Crippen LogP contribution in [0.5, 0.6) is 5.75 Å². The molecular formula is C27H27Cl2N3O3. The highest BCUT2D eigenvalue weighted by Gasteiger charge is 2.24. The molecule has 0 aliphatic carbocycles. The van der Waals surface area contributed by atoms with Crippen LogP contribution in [0.3, 0.4) is 0 Å². The number of carbonyl (C=O) groups excluding carboxylic acids is 2. The van der Waals surface area contributed by atoms with Crippen LogP contribution in [0.25, 0.3) is 0 Å². The first-order chi connectivity index (χ1) is 16.7. The minimum Gasteiger partial charge on any atom is -0.488 e. The van der Waals surface area contributed by atoms with E-state index in [1.54, 1.807) is 36.4 Å². The third kappa shape index (κ3) is 7.57. The van der Waals surface area contributed by atoms with Crippen LogP contribution >= 0.6 is 23.2 Å². The lowest BCUT2D eigenvalue weighted by atomic mass is 10.0. The molecule has 6 nitrogen and oxygen atoms in total. The number of hydrazone groups is 1. The average Bonchev–Trinajstić information content (AvgIpc) is 2.82. The monoisotopic (exact) mass is 511 g/mol. The fraction of sp³-hybridized carbons (Fsp3) is 0.222. The number of rotatable bonds is 9. The Hall–Kier alpha value is -3.35. The van der Waals surface area contributed by atoms with Crippen LogP contribution in [0.2, 0.25) is 10.0 Å². The molecular weight excluding hydrogens is 485 g/mol. The van der Waals surface area contributed by atoms with Crippen molar-refractivity contribution in [2.45, 2.75) is 33.4 Å². The molecule has 0 heterocycles. The van der Waals surface area contributed by atoms with E-state index in [-0.39, 0.29) is 18.4 Å². The summed E-state index contributed by atoms with van der Waals surface area (Å²) < 4.78 is 5.91. The van der Waals surface area contributed by atoms with E-state index in [0.717, 1.165) is 11.1 Å². The van der Waals surface area contributed by atoms with E-state index in [2.05, 4.69) is 15.8 Å². The van der Waals surface area contributed by atoms with Crippen molar-refractivity contribution in [3.63, 3.8) is 0 Å². The molecule has 3 aromatic carbocycles. The van der Waals surface area contributed by atoms with Gasteiger partial charge in [-0.15, -0.1) is 0 Å². The van der Waals surface area contributed by atoms with Crippen LogP contribution in [-0.2, 0) is 11.4 Å². The zero-order valence-corrected chi connectivity index (χ0v) is 21.2. The predicted molar refractivity (Wildman–Crippen MR) is 140 cm³/mol. The van der Waals surface area contributed by atoms with Gasteiger partial charge < -0.3 is 10.1 Å². The highest BCUT2D eigenvalue weighted by Crippen LogP contribution is 2.24. The molecule has 182 valence electrons. The fourth-order valence-electron chi connectivity index (χ4n) is 3.21. The summed E-state index contributed by atoms with van der Waals surface area (Å²) >= 11 is 12.2. The number of halogens is 2. The minimum absolute atomic E-state index is 0.139. The maximum atomic E-state index is 12.8. The minimum atomic E-state index is -0.750. The van der Waals surface area contributed by atoms with E-state index in [1.165, 1.54) is 6.21 Å². The highest BCUT2D eigenvalue weighted by molar-refractivity contribution is 6.35. The van der Waals surface area contributed by atoms with Gasteiger partial charge in [-0.05, 0) is 49.2 Å². The third-order valence-electron chi connectivity index (χ3n) is 5.25. The van der Waals surface area contributed by atoms with E-state index in [0.29, 0.717) is 26.9 Å². The Morgan fingerprint density at radius 2 is 1.74 bits per heavy atom. The van der Waals surface area contributed by atoms with Crippen molar-refractivity contribution in [2.24, 2.45) is 11.0 Å². The smallest absolute Gasteiger partial charge is 0.262 e. The maximum absolute atomic E-state index is 12.8. The van der Waals surface area contributed by atoms with Crippen LogP contribution in [0.4, 0.5) is 0 Å². The second-order valence-corrected chi connectivity index (χ2v) is 9.20. The predicted octanol–water partition coefficient (Wildman–Crippen LogP) is 5.79. The van der Waals surface area contributed by atoms with E-state index in [9.17, 15) is 9.59 Å². The van der Waals surface area contributed by atoms with Gasteiger partial charge in [0.15, 0.2) is 0 Å². The van der Waals surface area contributed by atoms with Crippen molar-refractivity contribution in [3.05, 3.63) is 99.0 Å². The van der Waals surface area contributed by atoms with Gasteiger partial charge in [0.25, 0.3) is 11.8 Å². The molecule has 2 N–H and O–H groups in total. The fourth-order valence-corrected chi connectivity index (χ4v) is 3.68. The van der Waals surface area contributed by atoms with Crippen LogP contribution in [0, 0.1) is 12.8 Å². The summed E-state index contributed by atoms with van der Waals surface area (Å²) in [5, 5.41) is 7.94. The van der Waals surface area contributed by atoms with Crippen LogP contribution in [-0.4, -0.2) is 24.1 Å². The van der Waals surface area contributed by atoms with Gasteiger partial charge in [-0.1, -0.05) is 72.9 Å². The zero-order chi connectivity index (χ0) is 25.4. The lowest BCUT2D eigenvalue weighted by Crippen LogP contribution is -2.48. The van der Waals surface area contributed by atoms with E-state index in [1.807, 2.05) is 51.1 Å². The number of nitrogens with zero attached hydrogens (tertiary/aromatic N) is 1. The molecule has 0 aromatic heterocycles. The van der Waals surface area contributed by atoms with Crippen molar-refractivity contribution in [2.75, 3.05) is 0 Å². The van der Waals surface area contributed by atoms with Crippen molar-refractivity contribution in [1.82, 2.24) is 10.7 Å². The molecule has 0 saturated carbocycles. The van der Waals surface area contributed by atoms with Gasteiger partial charge in [0.05, 0.1) is 6.21 Å². The number of ether oxygens (including phenoxy) is 1. The molecule has 3 rings (SSSR count). The Morgan fingerprint density at radius 3 is 2.43 bits per heavy atom. The largest absolute Gasteiger partial charge is 0.488 e. The average molecular weight is 512 g/mol. The number of benzene rings is 3. The summed E-state index contributed by atoms with van der Waals surface area (Å²) in [7, 11) is 0. The second kappa shape index (κ2) is 12.4. The first-order valence-corrected chi connectivity index (χ1v) is 11.9. The van der Waals surface area contributed by atoms with Gasteiger partial charge in [-0.3, -0.25) is 9.59 Å².